The Morgan fingerprint density at radius 2 is 1.76 bits per heavy atom. The van der Waals surface area contributed by atoms with Crippen LogP contribution in [0.3, 0.4) is 0 Å². The molecule has 0 fully saturated rings. The van der Waals surface area contributed by atoms with Gasteiger partial charge in [-0.15, -0.1) is 0 Å². The van der Waals surface area contributed by atoms with Crippen LogP contribution in [0.4, 0.5) is 19.0 Å². The van der Waals surface area contributed by atoms with Crippen molar-refractivity contribution in [1.82, 2.24) is 9.97 Å². The summed E-state index contributed by atoms with van der Waals surface area (Å²) in [6.07, 6.45) is -0.150. The zero-order valence-electron chi connectivity index (χ0n) is 14.8. The number of rotatable bonds is 4. The van der Waals surface area contributed by atoms with Crippen molar-refractivity contribution in [2.45, 2.75) is 23.2 Å². The van der Waals surface area contributed by atoms with Gasteiger partial charge in [0.2, 0.25) is 5.91 Å². The molecule has 2 N–H and O–H groups in total. The van der Waals surface area contributed by atoms with Crippen molar-refractivity contribution in [2.75, 3.05) is 5.32 Å². The number of nitrogens with one attached hydrogen (secondary N) is 2. The summed E-state index contributed by atoms with van der Waals surface area (Å²) < 4.78 is 40.5. The Balaban J connectivity index is 1.66. The largest absolute Gasteiger partial charge is 0.310 e. The Labute approximate surface area is 167 Å². The van der Waals surface area contributed by atoms with E-state index < -0.39 is 29.0 Å². The summed E-state index contributed by atoms with van der Waals surface area (Å²) in [7, 11) is 0. The fourth-order valence-corrected chi connectivity index (χ4v) is 4.02. The van der Waals surface area contributed by atoms with Crippen molar-refractivity contribution in [2.24, 2.45) is 0 Å². The van der Waals surface area contributed by atoms with Gasteiger partial charge >= 0.3 is 0 Å². The molecule has 0 saturated carbocycles. The van der Waals surface area contributed by atoms with E-state index in [1.54, 1.807) is 12.1 Å². The predicted octanol–water partition coefficient (Wildman–Crippen LogP) is 3.95. The molecule has 9 heteroatoms. The van der Waals surface area contributed by atoms with E-state index in [1.807, 2.05) is 0 Å². The minimum absolute atomic E-state index is 0.0559. The number of carbonyl (C=O) groups is 1. The van der Waals surface area contributed by atoms with Crippen molar-refractivity contribution in [1.29, 1.82) is 0 Å². The van der Waals surface area contributed by atoms with E-state index in [9.17, 15) is 22.8 Å². The molecule has 1 atom stereocenters. The highest BCUT2D eigenvalue weighted by Gasteiger charge is 2.32. The number of benzene rings is 2. The van der Waals surface area contributed by atoms with Crippen LogP contribution >= 0.6 is 11.8 Å². The minimum atomic E-state index is -0.869. The Bertz CT molecular complexity index is 1150. The molecule has 0 spiro atoms. The fourth-order valence-electron chi connectivity index (χ4n) is 3.20. The molecule has 1 amide bonds. The average molecular weight is 417 g/mol. The fraction of sp³-hybridized carbons (Fsp3) is 0.150. The lowest BCUT2D eigenvalue weighted by Crippen LogP contribution is -2.31. The number of aromatic nitrogens is 2. The Hall–Kier alpha value is -3.07. The number of carbonyl (C=O) groups excluding carboxylic acids is 1. The lowest BCUT2D eigenvalue weighted by Gasteiger charge is -2.24. The molecular formula is C20H14F3N3O2S. The SMILES string of the molecule is O=C1C[C@H](c2ccc(F)cc2F)c2c(nc(SCc3ccc(F)cc3)[nH]c2=O)N1. The smallest absolute Gasteiger partial charge is 0.257 e. The highest BCUT2D eigenvalue weighted by atomic mass is 32.2. The summed E-state index contributed by atoms with van der Waals surface area (Å²) in [5.74, 6) is -2.73. The molecule has 0 aliphatic carbocycles. The van der Waals surface area contributed by atoms with Gasteiger partial charge in [-0.3, -0.25) is 9.59 Å². The number of amides is 1. The summed E-state index contributed by atoms with van der Waals surface area (Å²) in [4.78, 5) is 31.7. The van der Waals surface area contributed by atoms with Crippen LogP contribution in [0.25, 0.3) is 0 Å². The molecule has 0 saturated heterocycles. The van der Waals surface area contributed by atoms with Gasteiger partial charge < -0.3 is 10.3 Å². The van der Waals surface area contributed by atoms with Crippen LogP contribution < -0.4 is 10.9 Å². The van der Waals surface area contributed by atoms with Gasteiger partial charge in [0.15, 0.2) is 5.16 Å². The number of halogens is 3. The zero-order chi connectivity index (χ0) is 20.5. The van der Waals surface area contributed by atoms with Gasteiger partial charge in [0.25, 0.3) is 5.56 Å². The van der Waals surface area contributed by atoms with Crippen molar-refractivity contribution < 1.29 is 18.0 Å². The molecular weight excluding hydrogens is 403 g/mol. The number of hydrogen-bond acceptors (Lipinski definition) is 4. The molecule has 1 aromatic heterocycles. The van der Waals surface area contributed by atoms with E-state index in [1.165, 1.54) is 30.0 Å². The number of thioether (sulfide) groups is 1. The van der Waals surface area contributed by atoms with Crippen LogP contribution in [-0.2, 0) is 10.5 Å². The second kappa shape index (κ2) is 7.75. The molecule has 0 radical (unpaired) electrons. The van der Waals surface area contributed by atoms with Crippen LogP contribution in [-0.4, -0.2) is 15.9 Å². The summed E-state index contributed by atoms with van der Waals surface area (Å²) in [6, 6.07) is 8.94. The second-order valence-corrected chi connectivity index (χ2v) is 7.48. The van der Waals surface area contributed by atoms with Gasteiger partial charge in [0, 0.05) is 24.2 Å². The number of aromatic amines is 1. The topological polar surface area (TPSA) is 74.8 Å². The van der Waals surface area contributed by atoms with E-state index in [0.717, 1.165) is 17.7 Å². The van der Waals surface area contributed by atoms with Gasteiger partial charge in [0.1, 0.15) is 23.3 Å². The highest BCUT2D eigenvalue weighted by Crippen LogP contribution is 2.36. The first-order chi connectivity index (χ1) is 13.9. The highest BCUT2D eigenvalue weighted by molar-refractivity contribution is 7.98. The zero-order valence-corrected chi connectivity index (χ0v) is 15.7. The quantitative estimate of drug-likeness (QED) is 0.498. The monoisotopic (exact) mass is 417 g/mol. The summed E-state index contributed by atoms with van der Waals surface area (Å²) in [6.45, 7) is 0. The molecule has 1 aliphatic rings. The average Bonchev–Trinajstić information content (AvgIpc) is 2.66. The first-order valence-corrected chi connectivity index (χ1v) is 9.65. The normalized spacial score (nSPS) is 15.7. The Kier molecular flexibility index (Phi) is 5.14. The van der Waals surface area contributed by atoms with Crippen molar-refractivity contribution in [3.8, 4) is 0 Å². The van der Waals surface area contributed by atoms with Crippen LogP contribution in [0.15, 0.2) is 52.4 Å². The van der Waals surface area contributed by atoms with Crippen LogP contribution in [0.5, 0.6) is 0 Å². The minimum Gasteiger partial charge on any atom is -0.310 e. The van der Waals surface area contributed by atoms with E-state index in [-0.39, 0.29) is 34.3 Å². The Morgan fingerprint density at radius 3 is 2.48 bits per heavy atom. The van der Waals surface area contributed by atoms with E-state index in [0.29, 0.717) is 5.75 Å². The molecule has 0 unspecified atom stereocenters. The molecule has 2 aromatic carbocycles. The maximum Gasteiger partial charge on any atom is 0.257 e. The number of fused-ring (bicyclic) bond motifs is 1. The molecule has 0 bridgehead atoms. The van der Waals surface area contributed by atoms with Gasteiger partial charge in [0.05, 0.1) is 5.56 Å². The molecule has 148 valence electrons. The van der Waals surface area contributed by atoms with Crippen molar-refractivity contribution in [3.63, 3.8) is 0 Å². The third-order valence-corrected chi connectivity index (χ3v) is 5.50. The number of nitrogens with zero attached hydrogens (tertiary/aromatic N) is 1. The maximum absolute atomic E-state index is 14.3. The van der Waals surface area contributed by atoms with Gasteiger partial charge in [-0.1, -0.05) is 30.0 Å². The van der Waals surface area contributed by atoms with Gasteiger partial charge in [-0.25, -0.2) is 18.2 Å². The molecule has 29 heavy (non-hydrogen) atoms. The maximum atomic E-state index is 14.3. The summed E-state index contributed by atoms with van der Waals surface area (Å²) in [5, 5.41) is 2.81. The van der Waals surface area contributed by atoms with E-state index in [4.69, 9.17) is 0 Å². The number of anilines is 1. The van der Waals surface area contributed by atoms with E-state index in [2.05, 4.69) is 15.3 Å². The van der Waals surface area contributed by atoms with E-state index >= 15 is 0 Å². The Morgan fingerprint density at radius 1 is 1.03 bits per heavy atom. The third kappa shape index (κ3) is 4.04. The van der Waals surface area contributed by atoms with Crippen LogP contribution in [0, 0.1) is 17.5 Å². The summed E-state index contributed by atoms with van der Waals surface area (Å²) >= 11 is 1.21. The third-order valence-electron chi connectivity index (χ3n) is 4.56. The predicted molar refractivity (Wildman–Crippen MR) is 102 cm³/mol. The molecule has 5 nitrogen and oxygen atoms in total. The van der Waals surface area contributed by atoms with Gasteiger partial charge in [-0.2, -0.15) is 0 Å². The molecule has 3 aromatic rings. The van der Waals surface area contributed by atoms with Crippen LogP contribution in [0.2, 0.25) is 0 Å². The second-order valence-electron chi connectivity index (χ2n) is 6.52. The first-order valence-electron chi connectivity index (χ1n) is 8.67. The lowest BCUT2D eigenvalue weighted by atomic mass is 9.86. The summed E-state index contributed by atoms with van der Waals surface area (Å²) in [5.41, 5.74) is 0.500. The van der Waals surface area contributed by atoms with Crippen molar-refractivity contribution >= 4 is 23.5 Å². The van der Waals surface area contributed by atoms with Crippen molar-refractivity contribution in [3.05, 3.63) is 87.0 Å². The lowest BCUT2D eigenvalue weighted by molar-refractivity contribution is -0.116. The molecule has 1 aliphatic heterocycles. The number of hydrogen-bond donors (Lipinski definition) is 2. The first kappa shape index (κ1) is 19.3. The number of H-pyrrole nitrogens is 1. The molecule has 4 rings (SSSR count). The standard InChI is InChI=1S/C20H14F3N3O2S/c21-11-3-1-10(2-4-11)9-29-20-25-18-17(19(28)26-20)14(8-16(27)24-18)13-6-5-12(22)7-15(13)23/h1-7,14H,8-9H2,(H2,24,25,26,27,28)/t14-/m1/s1. The van der Waals surface area contributed by atoms with Gasteiger partial charge in [-0.05, 0) is 29.3 Å². The van der Waals surface area contributed by atoms with Crippen LogP contribution in [0.1, 0.15) is 29.0 Å². The molecule has 2 heterocycles.